The summed E-state index contributed by atoms with van der Waals surface area (Å²) in [5.41, 5.74) is 5.75. The minimum Gasteiger partial charge on any atom is -0.444 e. The number of nitrogens with one attached hydrogen (secondary N) is 1. The van der Waals surface area contributed by atoms with Gasteiger partial charge in [-0.15, -0.1) is 0 Å². The second-order valence-electron chi connectivity index (χ2n) is 5.92. The van der Waals surface area contributed by atoms with E-state index in [0.717, 1.165) is 4.47 Å². The first-order valence-electron chi connectivity index (χ1n) is 7.46. The highest BCUT2D eigenvalue weighted by atomic mass is 79.9. The summed E-state index contributed by atoms with van der Waals surface area (Å²) in [6.07, 6.45) is 1.47. The number of fused-ring (bicyclic) bond motifs is 3. The maximum Gasteiger partial charge on any atom is 0.245 e. The Kier molecular flexibility index (Phi) is 3.09. The van der Waals surface area contributed by atoms with Crippen LogP contribution >= 0.6 is 15.9 Å². The van der Waals surface area contributed by atoms with Gasteiger partial charge in [0.15, 0.2) is 5.78 Å². The summed E-state index contributed by atoms with van der Waals surface area (Å²) < 4.78 is 6.29. The molecule has 0 saturated carbocycles. The number of ether oxygens (including phenoxy) is 1. The average Bonchev–Trinajstić information content (AvgIpc) is 2.81. The second kappa shape index (κ2) is 4.95. The van der Waals surface area contributed by atoms with Crippen LogP contribution in [0, 0.1) is 11.3 Å². The van der Waals surface area contributed by atoms with Crippen molar-refractivity contribution in [1.29, 1.82) is 5.26 Å². The number of rotatable bonds is 0. The van der Waals surface area contributed by atoms with Crippen molar-refractivity contribution in [2.45, 2.75) is 24.7 Å². The molecule has 1 amide bonds. The molecule has 0 bridgehead atoms. The van der Waals surface area contributed by atoms with Crippen LogP contribution in [0.25, 0.3) is 0 Å². The van der Waals surface area contributed by atoms with Gasteiger partial charge in [0.1, 0.15) is 22.8 Å². The van der Waals surface area contributed by atoms with Gasteiger partial charge in [-0.25, -0.2) is 0 Å². The summed E-state index contributed by atoms with van der Waals surface area (Å²) in [6.45, 7) is 0. The van der Waals surface area contributed by atoms with Gasteiger partial charge in [0.2, 0.25) is 11.8 Å². The third-order valence-electron chi connectivity index (χ3n) is 4.68. The number of carbonyl (C=O) groups is 2. The monoisotopic (exact) mass is 385 g/mol. The molecule has 1 atom stereocenters. The molecule has 0 saturated heterocycles. The van der Waals surface area contributed by atoms with Gasteiger partial charge in [-0.3, -0.25) is 9.59 Å². The van der Waals surface area contributed by atoms with Crippen LogP contribution in [0.2, 0.25) is 0 Å². The first-order chi connectivity index (χ1) is 11.5. The van der Waals surface area contributed by atoms with Crippen molar-refractivity contribution in [3.63, 3.8) is 0 Å². The zero-order valence-corrected chi connectivity index (χ0v) is 14.1. The van der Waals surface area contributed by atoms with E-state index in [1.807, 2.05) is 6.07 Å². The molecule has 6 nitrogen and oxygen atoms in total. The molecule has 1 aliphatic carbocycles. The highest BCUT2D eigenvalue weighted by Crippen LogP contribution is 2.54. The number of nitrogens with zero attached hydrogens (tertiary/aromatic N) is 1. The van der Waals surface area contributed by atoms with Crippen LogP contribution in [0.1, 0.15) is 24.8 Å². The van der Waals surface area contributed by atoms with Crippen LogP contribution in [0.15, 0.2) is 45.5 Å². The number of allylic oxidation sites excluding steroid dienone is 1. The minimum absolute atomic E-state index is 0.0362. The van der Waals surface area contributed by atoms with Crippen LogP contribution in [0.3, 0.4) is 0 Å². The molecular formula is C17H12BrN3O3. The molecule has 3 aliphatic rings. The quantitative estimate of drug-likeness (QED) is 0.712. The number of carbonyl (C=O) groups excluding carboxylic acids is 2. The fraction of sp³-hybridized carbons (Fsp3) is 0.235. The Morgan fingerprint density at radius 1 is 1.33 bits per heavy atom. The van der Waals surface area contributed by atoms with Crippen molar-refractivity contribution in [2.75, 3.05) is 5.32 Å². The van der Waals surface area contributed by atoms with Crippen molar-refractivity contribution in [1.82, 2.24) is 0 Å². The predicted octanol–water partition coefficient (Wildman–Crippen LogP) is 2.37. The van der Waals surface area contributed by atoms with Gasteiger partial charge in [0.25, 0.3) is 0 Å². The molecule has 24 heavy (non-hydrogen) atoms. The van der Waals surface area contributed by atoms with E-state index in [1.165, 1.54) is 0 Å². The van der Waals surface area contributed by atoms with Gasteiger partial charge in [0, 0.05) is 28.6 Å². The maximum absolute atomic E-state index is 13.0. The van der Waals surface area contributed by atoms with Gasteiger partial charge < -0.3 is 15.8 Å². The molecule has 0 radical (unpaired) electrons. The van der Waals surface area contributed by atoms with Crippen LogP contribution in [0.4, 0.5) is 5.69 Å². The fourth-order valence-corrected chi connectivity index (χ4v) is 4.10. The van der Waals surface area contributed by atoms with E-state index < -0.39 is 11.3 Å². The van der Waals surface area contributed by atoms with Gasteiger partial charge in [-0.2, -0.15) is 5.26 Å². The van der Waals surface area contributed by atoms with Crippen molar-refractivity contribution >= 4 is 33.3 Å². The molecule has 7 heteroatoms. The van der Waals surface area contributed by atoms with E-state index in [2.05, 4.69) is 21.2 Å². The molecule has 3 N–H and O–H groups in total. The molecular weight excluding hydrogens is 374 g/mol. The van der Waals surface area contributed by atoms with E-state index in [0.29, 0.717) is 36.3 Å². The lowest BCUT2D eigenvalue weighted by Gasteiger charge is -2.37. The summed E-state index contributed by atoms with van der Waals surface area (Å²) in [6, 6.07) is 7.27. The third-order valence-corrected chi connectivity index (χ3v) is 5.17. The second-order valence-corrected chi connectivity index (χ2v) is 6.84. The lowest BCUT2D eigenvalue weighted by molar-refractivity contribution is -0.123. The van der Waals surface area contributed by atoms with E-state index in [9.17, 15) is 14.9 Å². The molecule has 1 aromatic rings. The van der Waals surface area contributed by atoms with Gasteiger partial charge in [-0.05, 0) is 24.6 Å². The minimum atomic E-state index is -1.52. The predicted molar refractivity (Wildman–Crippen MR) is 88.2 cm³/mol. The lowest BCUT2D eigenvalue weighted by atomic mass is 9.65. The first-order valence-corrected chi connectivity index (χ1v) is 8.26. The van der Waals surface area contributed by atoms with Gasteiger partial charge in [0.05, 0.1) is 5.57 Å². The van der Waals surface area contributed by atoms with E-state index in [1.54, 1.807) is 18.2 Å². The largest absolute Gasteiger partial charge is 0.444 e. The molecule has 4 rings (SSSR count). The number of amides is 1. The Morgan fingerprint density at radius 3 is 2.88 bits per heavy atom. The fourth-order valence-electron chi connectivity index (χ4n) is 3.74. The summed E-state index contributed by atoms with van der Waals surface area (Å²) >= 11 is 3.39. The standard InChI is InChI=1S/C17H12BrN3O3/c18-8-4-5-11-9(6-8)17(16(23)21-11)10(7-19)15(20)24-13-3-1-2-12(22)14(13)17/h4-6H,1-3,20H2,(H,21,23)/t17-/m1/s1. The molecule has 2 aliphatic heterocycles. The first kappa shape index (κ1) is 15.0. The summed E-state index contributed by atoms with van der Waals surface area (Å²) in [7, 11) is 0. The van der Waals surface area contributed by atoms with Crippen LogP contribution in [-0.2, 0) is 19.7 Å². The summed E-state index contributed by atoms with van der Waals surface area (Å²) in [4.78, 5) is 25.7. The normalized spacial score (nSPS) is 25.2. The Labute approximate surface area is 146 Å². The van der Waals surface area contributed by atoms with Crippen molar-refractivity contribution in [2.24, 2.45) is 5.73 Å². The molecule has 1 aromatic carbocycles. The van der Waals surface area contributed by atoms with Crippen LogP contribution in [0.5, 0.6) is 0 Å². The number of halogens is 1. The maximum atomic E-state index is 13.0. The summed E-state index contributed by atoms with van der Waals surface area (Å²) in [5, 5.41) is 12.5. The number of hydrogen-bond donors (Lipinski definition) is 2. The Hall–Kier alpha value is -2.59. The number of hydrogen-bond acceptors (Lipinski definition) is 5. The Morgan fingerprint density at radius 2 is 2.12 bits per heavy atom. The number of nitriles is 1. The molecule has 2 heterocycles. The number of Topliss-reactive ketones (excluding diaryl/α,β-unsaturated/α-hetero) is 1. The number of nitrogens with two attached hydrogens (primary N) is 1. The SMILES string of the molecule is N#CC1=C(N)OC2=C(C(=O)CCC2)[C@]12C(=O)Nc1ccc(Br)cc12. The molecule has 1 spiro atoms. The molecule has 120 valence electrons. The Balaban J connectivity index is 2.13. The van der Waals surface area contributed by atoms with E-state index in [-0.39, 0.29) is 22.8 Å². The smallest absolute Gasteiger partial charge is 0.245 e. The van der Waals surface area contributed by atoms with E-state index >= 15 is 0 Å². The zero-order chi connectivity index (χ0) is 17.1. The van der Waals surface area contributed by atoms with Crippen LogP contribution < -0.4 is 11.1 Å². The topological polar surface area (TPSA) is 105 Å². The van der Waals surface area contributed by atoms with Crippen LogP contribution in [-0.4, -0.2) is 11.7 Å². The van der Waals surface area contributed by atoms with Gasteiger partial charge >= 0.3 is 0 Å². The van der Waals surface area contributed by atoms with Crippen molar-refractivity contribution < 1.29 is 14.3 Å². The molecule has 0 aromatic heterocycles. The Bertz CT molecular complexity index is 925. The number of ketones is 1. The van der Waals surface area contributed by atoms with Gasteiger partial charge in [-0.1, -0.05) is 15.9 Å². The zero-order valence-electron chi connectivity index (χ0n) is 12.5. The molecule has 0 unspecified atom stereocenters. The number of anilines is 1. The number of benzene rings is 1. The lowest BCUT2D eigenvalue weighted by Crippen LogP contribution is -2.46. The highest BCUT2D eigenvalue weighted by Gasteiger charge is 2.59. The highest BCUT2D eigenvalue weighted by molar-refractivity contribution is 9.10. The third kappa shape index (κ3) is 1.69. The summed E-state index contributed by atoms with van der Waals surface area (Å²) in [5.74, 6) is -0.347. The average molecular weight is 386 g/mol. The van der Waals surface area contributed by atoms with Crippen molar-refractivity contribution in [3.8, 4) is 6.07 Å². The van der Waals surface area contributed by atoms with E-state index in [4.69, 9.17) is 10.5 Å². The molecule has 0 fully saturated rings. The van der Waals surface area contributed by atoms with Crippen molar-refractivity contribution in [3.05, 3.63) is 51.0 Å².